The minimum atomic E-state index is -0.158. The van der Waals surface area contributed by atoms with E-state index >= 15 is 0 Å². The summed E-state index contributed by atoms with van der Waals surface area (Å²) in [6, 6.07) is 5.44. The Morgan fingerprint density at radius 1 is 1.24 bits per heavy atom. The zero-order valence-corrected chi connectivity index (χ0v) is 14.4. The Bertz CT molecular complexity index is 466. The molecule has 21 heavy (non-hydrogen) atoms. The molecule has 1 N–H and O–H groups in total. The van der Waals surface area contributed by atoms with Crippen LogP contribution < -0.4 is 5.32 Å². The monoisotopic (exact) mass is 311 g/mol. The van der Waals surface area contributed by atoms with Gasteiger partial charge in [0.1, 0.15) is 5.82 Å². The summed E-state index contributed by atoms with van der Waals surface area (Å²) in [5.41, 5.74) is 0.917. The number of halogens is 2. The lowest BCUT2D eigenvalue weighted by molar-refractivity contribution is 0.00980. The van der Waals surface area contributed by atoms with E-state index in [2.05, 4.69) is 33.0 Å². The van der Waals surface area contributed by atoms with Crippen LogP contribution in [0.25, 0.3) is 0 Å². The van der Waals surface area contributed by atoms with Gasteiger partial charge in [0, 0.05) is 28.6 Å². The largest absolute Gasteiger partial charge is 0.314 e. The third-order valence-electron chi connectivity index (χ3n) is 5.27. The van der Waals surface area contributed by atoms with Crippen molar-refractivity contribution in [3.05, 3.63) is 34.6 Å². The van der Waals surface area contributed by atoms with E-state index < -0.39 is 0 Å². The maximum Gasteiger partial charge on any atom is 0.128 e. The molecule has 1 nitrogen and oxygen atoms in total. The molecular formula is C18H27ClFN. The van der Waals surface area contributed by atoms with Crippen molar-refractivity contribution in [3.63, 3.8) is 0 Å². The zero-order valence-electron chi connectivity index (χ0n) is 13.6. The summed E-state index contributed by atoms with van der Waals surface area (Å²) in [4.78, 5) is 0. The molecule has 1 aromatic rings. The average molecular weight is 312 g/mol. The molecule has 0 amide bonds. The molecule has 0 unspecified atom stereocenters. The van der Waals surface area contributed by atoms with Gasteiger partial charge < -0.3 is 5.32 Å². The van der Waals surface area contributed by atoms with Crippen molar-refractivity contribution in [1.82, 2.24) is 5.32 Å². The first kappa shape index (κ1) is 16.8. The normalized spacial score (nSPS) is 19.6. The number of benzene rings is 1. The number of hydrogen-bond donors (Lipinski definition) is 1. The third-order valence-corrected chi connectivity index (χ3v) is 5.58. The lowest BCUT2D eigenvalue weighted by atomic mass is 9.48. The smallest absolute Gasteiger partial charge is 0.128 e. The van der Waals surface area contributed by atoms with Gasteiger partial charge in [0.05, 0.1) is 0 Å². The van der Waals surface area contributed by atoms with Crippen LogP contribution in [0.3, 0.4) is 0 Å². The fourth-order valence-corrected chi connectivity index (χ4v) is 4.29. The highest BCUT2D eigenvalue weighted by Gasteiger charge is 2.54. The summed E-state index contributed by atoms with van der Waals surface area (Å²) >= 11 is 6.35. The first-order chi connectivity index (χ1) is 9.88. The molecule has 0 radical (unpaired) electrons. The lowest BCUT2D eigenvalue weighted by Gasteiger charge is -2.57. The molecular weight excluding hydrogens is 285 g/mol. The first-order valence-corrected chi connectivity index (χ1v) is 8.44. The number of hydrogen-bond acceptors (Lipinski definition) is 1. The molecule has 0 spiro atoms. The lowest BCUT2D eigenvalue weighted by Crippen LogP contribution is -2.55. The van der Waals surface area contributed by atoms with E-state index in [1.807, 2.05) is 6.07 Å². The second-order valence-corrected chi connectivity index (χ2v) is 7.38. The van der Waals surface area contributed by atoms with Crippen LogP contribution in [0.15, 0.2) is 18.2 Å². The standard InChI is InChI=1S/C18H27ClFN/c1-5-17(6-2)10-18(11-17,12-21-13(3)4)16-14(19)8-7-9-15(16)20/h7-9,13,21H,5-6,10-12H2,1-4H3. The molecule has 0 aromatic heterocycles. The highest BCUT2D eigenvalue weighted by molar-refractivity contribution is 6.31. The van der Waals surface area contributed by atoms with Crippen LogP contribution in [-0.2, 0) is 5.41 Å². The molecule has 3 heteroatoms. The molecule has 1 aliphatic rings. The Morgan fingerprint density at radius 2 is 1.86 bits per heavy atom. The van der Waals surface area contributed by atoms with Crippen LogP contribution >= 0.6 is 11.6 Å². The highest BCUT2D eigenvalue weighted by atomic mass is 35.5. The van der Waals surface area contributed by atoms with Crippen molar-refractivity contribution in [1.29, 1.82) is 0 Å². The van der Waals surface area contributed by atoms with Gasteiger partial charge in [0.25, 0.3) is 0 Å². The number of nitrogens with one attached hydrogen (secondary N) is 1. The fraction of sp³-hybridized carbons (Fsp3) is 0.667. The van der Waals surface area contributed by atoms with Crippen LogP contribution in [0.5, 0.6) is 0 Å². The van der Waals surface area contributed by atoms with E-state index in [9.17, 15) is 4.39 Å². The maximum absolute atomic E-state index is 14.4. The van der Waals surface area contributed by atoms with Crippen molar-refractivity contribution in [2.24, 2.45) is 5.41 Å². The third kappa shape index (κ3) is 3.12. The van der Waals surface area contributed by atoms with E-state index in [-0.39, 0.29) is 11.2 Å². The van der Waals surface area contributed by atoms with E-state index in [0.717, 1.165) is 37.8 Å². The minimum absolute atomic E-state index is 0.154. The average Bonchev–Trinajstić information content (AvgIpc) is 2.40. The van der Waals surface area contributed by atoms with Crippen molar-refractivity contribution in [2.45, 2.75) is 64.8 Å². The molecule has 0 saturated heterocycles. The van der Waals surface area contributed by atoms with Crippen molar-refractivity contribution < 1.29 is 4.39 Å². The maximum atomic E-state index is 14.4. The second-order valence-electron chi connectivity index (χ2n) is 6.97. The summed E-state index contributed by atoms with van der Waals surface area (Å²) in [6.07, 6.45) is 4.35. The van der Waals surface area contributed by atoms with Gasteiger partial charge in [-0.05, 0) is 30.4 Å². The summed E-state index contributed by atoms with van der Waals surface area (Å²) in [6.45, 7) is 9.54. The molecule has 0 bridgehead atoms. The van der Waals surface area contributed by atoms with Gasteiger partial charge in [-0.1, -0.05) is 58.2 Å². The summed E-state index contributed by atoms with van der Waals surface area (Å²) in [5, 5.41) is 4.07. The van der Waals surface area contributed by atoms with Gasteiger partial charge in [0.2, 0.25) is 0 Å². The summed E-state index contributed by atoms with van der Waals surface area (Å²) in [7, 11) is 0. The zero-order chi connectivity index (χ0) is 15.7. The second kappa shape index (κ2) is 6.26. The van der Waals surface area contributed by atoms with Gasteiger partial charge in [-0.25, -0.2) is 4.39 Å². The Labute approximate surface area is 133 Å². The number of rotatable bonds is 6. The SMILES string of the molecule is CCC1(CC)CC(CNC(C)C)(c2c(F)cccc2Cl)C1. The van der Waals surface area contributed by atoms with E-state index in [4.69, 9.17) is 11.6 Å². The molecule has 2 rings (SSSR count). The Balaban J connectivity index is 2.35. The van der Waals surface area contributed by atoms with Gasteiger partial charge >= 0.3 is 0 Å². The van der Waals surface area contributed by atoms with Crippen molar-refractivity contribution >= 4 is 11.6 Å². The van der Waals surface area contributed by atoms with Crippen LogP contribution in [0.2, 0.25) is 5.02 Å². The van der Waals surface area contributed by atoms with E-state index in [1.165, 1.54) is 6.07 Å². The molecule has 1 saturated carbocycles. The van der Waals surface area contributed by atoms with Crippen LogP contribution in [0, 0.1) is 11.2 Å². The van der Waals surface area contributed by atoms with Gasteiger partial charge in [0.15, 0.2) is 0 Å². The molecule has 0 atom stereocenters. The van der Waals surface area contributed by atoms with E-state index in [0.29, 0.717) is 16.5 Å². The summed E-state index contributed by atoms with van der Waals surface area (Å²) < 4.78 is 14.4. The van der Waals surface area contributed by atoms with Crippen LogP contribution in [0.1, 0.15) is 58.9 Å². The minimum Gasteiger partial charge on any atom is -0.314 e. The van der Waals surface area contributed by atoms with Crippen molar-refractivity contribution in [3.8, 4) is 0 Å². The van der Waals surface area contributed by atoms with Gasteiger partial charge in [-0.2, -0.15) is 0 Å². The fourth-order valence-electron chi connectivity index (χ4n) is 3.93. The molecule has 1 fully saturated rings. The topological polar surface area (TPSA) is 12.0 Å². The quantitative estimate of drug-likeness (QED) is 0.750. The summed E-state index contributed by atoms with van der Waals surface area (Å²) in [5.74, 6) is -0.158. The van der Waals surface area contributed by atoms with E-state index in [1.54, 1.807) is 6.07 Å². The van der Waals surface area contributed by atoms with Crippen LogP contribution in [0.4, 0.5) is 4.39 Å². The molecule has 0 heterocycles. The Hall–Kier alpha value is -0.600. The predicted octanol–water partition coefficient (Wildman–Crippen LogP) is 5.32. The van der Waals surface area contributed by atoms with Gasteiger partial charge in [-0.15, -0.1) is 0 Å². The molecule has 1 aliphatic carbocycles. The van der Waals surface area contributed by atoms with Crippen molar-refractivity contribution in [2.75, 3.05) is 6.54 Å². The van der Waals surface area contributed by atoms with Gasteiger partial charge in [-0.3, -0.25) is 0 Å². The predicted molar refractivity (Wildman–Crippen MR) is 88.5 cm³/mol. The highest BCUT2D eigenvalue weighted by Crippen LogP contribution is 2.60. The Kier molecular flexibility index (Phi) is 4.99. The first-order valence-electron chi connectivity index (χ1n) is 8.06. The van der Waals surface area contributed by atoms with Crippen LogP contribution in [-0.4, -0.2) is 12.6 Å². The molecule has 0 aliphatic heterocycles. The Morgan fingerprint density at radius 3 is 2.33 bits per heavy atom. The molecule has 118 valence electrons. The molecule has 1 aromatic carbocycles.